The van der Waals surface area contributed by atoms with Crippen molar-refractivity contribution in [3.8, 4) is 0 Å². The number of anilines is 2. The zero-order chi connectivity index (χ0) is 14.8. The summed E-state index contributed by atoms with van der Waals surface area (Å²) in [5.41, 5.74) is 6.75. The van der Waals surface area contributed by atoms with Gasteiger partial charge < -0.3 is 11.1 Å². The monoisotopic (exact) mass is 297 g/mol. The number of hydrogen-bond acceptors (Lipinski definition) is 4. The average molecular weight is 297 g/mol. The van der Waals surface area contributed by atoms with Crippen LogP contribution in [-0.2, 0) is 10.0 Å². The minimum absolute atomic E-state index is 0.0146. The van der Waals surface area contributed by atoms with Crippen molar-refractivity contribution in [2.75, 3.05) is 17.6 Å². The third-order valence-electron chi connectivity index (χ3n) is 4.22. The van der Waals surface area contributed by atoms with Crippen molar-refractivity contribution in [1.29, 1.82) is 0 Å². The Hall–Kier alpha value is -1.27. The molecular formula is C14H23N3O2S. The second kappa shape index (κ2) is 6.01. The lowest BCUT2D eigenvalue weighted by Gasteiger charge is -2.29. The maximum absolute atomic E-state index is 11.4. The number of nitrogen functional groups attached to an aromatic ring is 1. The fourth-order valence-electron chi connectivity index (χ4n) is 2.88. The van der Waals surface area contributed by atoms with Gasteiger partial charge in [0.2, 0.25) is 10.0 Å². The summed E-state index contributed by atoms with van der Waals surface area (Å²) in [7, 11) is -3.77. The van der Waals surface area contributed by atoms with Gasteiger partial charge >= 0.3 is 0 Å². The first-order valence-corrected chi connectivity index (χ1v) is 8.59. The predicted molar refractivity (Wildman–Crippen MR) is 81.8 cm³/mol. The van der Waals surface area contributed by atoms with Crippen LogP contribution in [0.1, 0.15) is 32.6 Å². The molecule has 0 amide bonds. The quantitative estimate of drug-likeness (QED) is 0.742. The number of hydrogen-bond donors (Lipinski definition) is 3. The number of primary sulfonamides is 1. The fourth-order valence-corrected chi connectivity index (χ4v) is 3.57. The molecule has 5 N–H and O–H groups in total. The van der Waals surface area contributed by atoms with Crippen molar-refractivity contribution in [2.24, 2.45) is 17.0 Å². The Labute approximate surface area is 120 Å². The van der Waals surface area contributed by atoms with Crippen LogP contribution in [0.25, 0.3) is 0 Å². The highest BCUT2D eigenvalue weighted by Crippen LogP contribution is 2.31. The molecule has 2 rings (SSSR count). The van der Waals surface area contributed by atoms with E-state index in [0.717, 1.165) is 6.54 Å². The summed E-state index contributed by atoms with van der Waals surface area (Å²) in [6.07, 6.45) is 5.05. The van der Waals surface area contributed by atoms with Gasteiger partial charge in [0.1, 0.15) is 4.90 Å². The predicted octanol–water partition coefficient (Wildman–Crippen LogP) is 2.15. The molecule has 0 aromatic heterocycles. The third kappa shape index (κ3) is 3.43. The van der Waals surface area contributed by atoms with E-state index < -0.39 is 10.0 Å². The van der Waals surface area contributed by atoms with Crippen LogP contribution in [0.15, 0.2) is 23.1 Å². The molecule has 0 radical (unpaired) electrons. The maximum Gasteiger partial charge on any atom is 0.240 e. The summed E-state index contributed by atoms with van der Waals surface area (Å²) >= 11 is 0. The summed E-state index contributed by atoms with van der Waals surface area (Å²) in [6, 6.07) is 4.87. The Morgan fingerprint density at radius 2 is 2.00 bits per heavy atom. The van der Waals surface area contributed by atoms with Crippen LogP contribution in [-0.4, -0.2) is 15.0 Å². The van der Waals surface area contributed by atoms with E-state index in [1.54, 1.807) is 12.1 Å². The summed E-state index contributed by atoms with van der Waals surface area (Å²) in [5, 5.41) is 8.43. The number of rotatable bonds is 4. The van der Waals surface area contributed by atoms with E-state index in [9.17, 15) is 8.42 Å². The molecule has 0 saturated heterocycles. The maximum atomic E-state index is 11.4. The molecule has 6 heteroatoms. The third-order valence-corrected chi connectivity index (χ3v) is 5.19. The number of nitrogens with one attached hydrogen (secondary N) is 1. The summed E-state index contributed by atoms with van der Waals surface area (Å²) in [5.74, 6) is 1.31. The molecule has 1 aliphatic rings. The van der Waals surface area contributed by atoms with Crippen molar-refractivity contribution in [3.63, 3.8) is 0 Å². The SMILES string of the molecule is CC1CCCCC1CNc1cccc(S(N)(=O)=O)c1N. The van der Waals surface area contributed by atoms with E-state index in [1.165, 1.54) is 31.7 Å². The van der Waals surface area contributed by atoms with Gasteiger partial charge in [0.05, 0.1) is 11.4 Å². The molecule has 2 unspecified atom stereocenters. The Kier molecular flexibility index (Phi) is 4.55. The van der Waals surface area contributed by atoms with Crippen LogP contribution in [0.5, 0.6) is 0 Å². The van der Waals surface area contributed by atoms with Gasteiger partial charge in [-0.05, 0) is 30.4 Å². The first kappa shape index (κ1) is 15.1. The smallest absolute Gasteiger partial charge is 0.240 e. The Bertz CT molecular complexity index is 572. The normalized spacial score (nSPS) is 23.5. The van der Waals surface area contributed by atoms with Gasteiger partial charge in [-0.1, -0.05) is 32.3 Å². The molecule has 112 valence electrons. The van der Waals surface area contributed by atoms with Gasteiger partial charge in [0.15, 0.2) is 0 Å². The summed E-state index contributed by atoms with van der Waals surface area (Å²) < 4.78 is 22.9. The topological polar surface area (TPSA) is 98.2 Å². The molecule has 1 saturated carbocycles. The Balaban J connectivity index is 2.10. The van der Waals surface area contributed by atoms with E-state index in [0.29, 0.717) is 17.5 Å². The fraction of sp³-hybridized carbons (Fsp3) is 0.571. The van der Waals surface area contributed by atoms with Gasteiger partial charge in [-0.15, -0.1) is 0 Å². The molecule has 2 atom stereocenters. The van der Waals surface area contributed by atoms with Crippen LogP contribution in [0.4, 0.5) is 11.4 Å². The Morgan fingerprint density at radius 1 is 1.30 bits per heavy atom. The van der Waals surface area contributed by atoms with Crippen LogP contribution >= 0.6 is 0 Å². The molecule has 5 nitrogen and oxygen atoms in total. The van der Waals surface area contributed by atoms with Gasteiger partial charge in [0, 0.05) is 6.54 Å². The van der Waals surface area contributed by atoms with Crippen molar-refractivity contribution in [3.05, 3.63) is 18.2 Å². The zero-order valence-corrected chi connectivity index (χ0v) is 12.6. The van der Waals surface area contributed by atoms with Crippen LogP contribution in [0, 0.1) is 11.8 Å². The molecule has 1 aromatic carbocycles. The van der Waals surface area contributed by atoms with E-state index in [4.69, 9.17) is 10.9 Å². The van der Waals surface area contributed by atoms with Crippen molar-refractivity contribution in [1.82, 2.24) is 0 Å². The lowest BCUT2D eigenvalue weighted by molar-refractivity contribution is 0.268. The van der Waals surface area contributed by atoms with E-state index in [2.05, 4.69) is 12.2 Å². The number of para-hydroxylation sites is 1. The van der Waals surface area contributed by atoms with Gasteiger partial charge in [-0.25, -0.2) is 13.6 Å². The van der Waals surface area contributed by atoms with Crippen LogP contribution in [0.2, 0.25) is 0 Å². The summed E-state index contributed by atoms with van der Waals surface area (Å²) in [6.45, 7) is 3.09. The van der Waals surface area contributed by atoms with Crippen molar-refractivity contribution >= 4 is 21.4 Å². The minimum atomic E-state index is -3.77. The van der Waals surface area contributed by atoms with Gasteiger partial charge in [0.25, 0.3) is 0 Å². The molecule has 0 spiro atoms. The van der Waals surface area contributed by atoms with Crippen molar-refractivity contribution < 1.29 is 8.42 Å². The second-order valence-corrected chi connectivity index (χ2v) is 7.19. The van der Waals surface area contributed by atoms with E-state index in [-0.39, 0.29) is 10.6 Å². The molecular weight excluding hydrogens is 274 g/mol. The first-order chi connectivity index (χ1) is 9.39. The number of benzene rings is 1. The van der Waals surface area contributed by atoms with Gasteiger partial charge in [-0.3, -0.25) is 0 Å². The highest BCUT2D eigenvalue weighted by atomic mass is 32.2. The average Bonchev–Trinajstić information content (AvgIpc) is 2.38. The molecule has 1 aliphatic carbocycles. The minimum Gasteiger partial charge on any atom is -0.396 e. The van der Waals surface area contributed by atoms with Gasteiger partial charge in [-0.2, -0.15) is 0 Å². The number of sulfonamides is 1. The van der Waals surface area contributed by atoms with Crippen LogP contribution in [0.3, 0.4) is 0 Å². The second-order valence-electron chi connectivity index (χ2n) is 5.67. The van der Waals surface area contributed by atoms with E-state index >= 15 is 0 Å². The first-order valence-electron chi connectivity index (χ1n) is 7.04. The number of nitrogens with two attached hydrogens (primary N) is 2. The molecule has 0 heterocycles. The zero-order valence-electron chi connectivity index (χ0n) is 11.8. The van der Waals surface area contributed by atoms with E-state index in [1.807, 2.05) is 0 Å². The van der Waals surface area contributed by atoms with Crippen LogP contribution < -0.4 is 16.2 Å². The van der Waals surface area contributed by atoms with Crippen molar-refractivity contribution in [2.45, 2.75) is 37.5 Å². The lowest BCUT2D eigenvalue weighted by Crippen LogP contribution is -2.25. The largest absolute Gasteiger partial charge is 0.396 e. The molecule has 1 fully saturated rings. The highest BCUT2D eigenvalue weighted by molar-refractivity contribution is 7.89. The lowest BCUT2D eigenvalue weighted by atomic mass is 9.80. The molecule has 1 aromatic rings. The Morgan fingerprint density at radius 3 is 2.65 bits per heavy atom. The molecule has 20 heavy (non-hydrogen) atoms. The highest BCUT2D eigenvalue weighted by Gasteiger charge is 2.21. The summed E-state index contributed by atoms with van der Waals surface area (Å²) in [4.78, 5) is -0.0146. The molecule has 0 bridgehead atoms. The molecule has 0 aliphatic heterocycles. The standard InChI is InChI=1S/C14H23N3O2S/c1-10-5-2-3-6-11(10)9-17-12-7-4-8-13(14(12)15)20(16,18)19/h4,7-8,10-11,17H,2-3,5-6,9,15H2,1H3,(H2,16,18,19).